The SMILES string of the molecule is Cc1nc(CO[C@H]2CN(S(=O)(=O)C3CC3)Cc3ccnn3C2)cs1. The second kappa shape index (κ2) is 6.21. The number of hydrogen-bond acceptors (Lipinski definition) is 6. The van der Waals surface area contributed by atoms with E-state index in [0.717, 1.165) is 29.2 Å². The summed E-state index contributed by atoms with van der Waals surface area (Å²) in [7, 11) is -3.25. The maximum atomic E-state index is 12.7. The Morgan fingerprint density at radius 1 is 1.38 bits per heavy atom. The zero-order valence-corrected chi connectivity index (χ0v) is 15.1. The molecule has 1 saturated carbocycles. The lowest BCUT2D eigenvalue weighted by Crippen LogP contribution is -2.39. The van der Waals surface area contributed by atoms with Gasteiger partial charge in [0.25, 0.3) is 0 Å². The van der Waals surface area contributed by atoms with Crippen molar-refractivity contribution in [2.24, 2.45) is 0 Å². The second-order valence-electron chi connectivity index (χ2n) is 6.33. The molecule has 2 aliphatic rings. The molecule has 0 saturated heterocycles. The Hall–Kier alpha value is -1.29. The molecule has 0 spiro atoms. The highest BCUT2D eigenvalue weighted by Gasteiger charge is 2.42. The fourth-order valence-corrected chi connectivity index (χ4v) is 5.37. The van der Waals surface area contributed by atoms with E-state index in [1.807, 2.05) is 23.1 Å². The first-order chi connectivity index (χ1) is 11.5. The van der Waals surface area contributed by atoms with Gasteiger partial charge in [-0.15, -0.1) is 11.3 Å². The summed E-state index contributed by atoms with van der Waals surface area (Å²) in [6, 6.07) is 1.88. The van der Waals surface area contributed by atoms with Crippen LogP contribution in [0.3, 0.4) is 0 Å². The first-order valence-corrected chi connectivity index (χ1v) is 10.4. The number of rotatable bonds is 5. The van der Waals surface area contributed by atoms with Gasteiger partial charge < -0.3 is 4.74 Å². The van der Waals surface area contributed by atoms with E-state index in [-0.39, 0.29) is 11.4 Å². The third-order valence-corrected chi connectivity index (χ3v) is 7.50. The molecule has 2 aromatic heterocycles. The Balaban J connectivity index is 1.53. The van der Waals surface area contributed by atoms with Crippen LogP contribution in [0.1, 0.15) is 29.2 Å². The van der Waals surface area contributed by atoms with Gasteiger partial charge in [-0.2, -0.15) is 9.40 Å². The summed E-state index contributed by atoms with van der Waals surface area (Å²) in [4.78, 5) is 4.40. The minimum atomic E-state index is -3.25. The normalized spacial score (nSPS) is 22.3. The Bertz CT molecular complexity index is 825. The minimum Gasteiger partial charge on any atom is -0.369 e. The van der Waals surface area contributed by atoms with Gasteiger partial charge in [-0.05, 0) is 25.8 Å². The lowest BCUT2D eigenvalue weighted by atomic mass is 10.3. The van der Waals surface area contributed by atoms with E-state index in [1.54, 1.807) is 21.8 Å². The minimum absolute atomic E-state index is 0.214. The summed E-state index contributed by atoms with van der Waals surface area (Å²) in [5.74, 6) is 0. The van der Waals surface area contributed by atoms with Crippen molar-refractivity contribution in [2.45, 2.75) is 50.8 Å². The van der Waals surface area contributed by atoms with Crippen molar-refractivity contribution < 1.29 is 13.2 Å². The van der Waals surface area contributed by atoms with Gasteiger partial charge in [-0.1, -0.05) is 0 Å². The van der Waals surface area contributed by atoms with Gasteiger partial charge >= 0.3 is 0 Å². The van der Waals surface area contributed by atoms with Crippen LogP contribution >= 0.6 is 11.3 Å². The van der Waals surface area contributed by atoms with Crippen molar-refractivity contribution in [3.05, 3.63) is 34.0 Å². The predicted octanol–water partition coefficient (Wildman–Crippen LogP) is 1.54. The molecular weight excluding hydrogens is 348 g/mol. The summed E-state index contributed by atoms with van der Waals surface area (Å²) < 4.78 is 34.8. The van der Waals surface area contributed by atoms with Crippen molar-refractivity contribution in [2.75, 3.05) is 6.54 Å². The van der Waals surface area contributed by atoms with Crippen molar-refractivity contribution in [1.29, 1.82) is 0 Å². The van der Waals surface area contributed by atoms with Gasteiger partial charge in [0.1, 0.15) is 0 Å². The molecule has 0 bridgehead atoms. The molecule has 4 rings (SSSR count). The molecule has 1 aliphatic heterocycles. The number of fused-ring (bicyclic) bond motifs is 1. The average Bonchev–Trinajstić information content (AvgIpc) is 3.25. The van der Waals surface area contributed by atoms with E-state index in [0.29, 0.717) is 26.2 Å². The van der Waals surface area contributed by atoms with Crippen molar-refractivity contribution in [1.82, 2.24) is 19.1 Å². The maximum Gasteiger partial charge on any atom is 0.217 e. The highest BCUT2D eigenvalue weighted by molar-refractivity contribution is 7.90. The number of hydrogen-bond donors (Lipinski definition) is 0. The lowest BCUT2D eigenvalue weighted by Gasteiger charge is -2.23. The van der Waals surface area contributed by atoms with Crippen molar-refractivity contribution in [3.63, 3.8) is 0 Å². The van der Waals surface area contributed by atoms with Crippen LogP contribution in [-0.4, -0.2) is 45.4 Å². The van der Waals surface area contributed by atoms with Crippen LogP contribution in [0.5, 0.6) is 0 Å². The molecule has 1 aliphatic carbocycles. The summed E-state index contributed by atoms with van der Waals surface area (Å²) in [6.07, 6.45) is 3.01. The zero-order chi connectivity index (χ0) is 16.7. The van der Waals surface area contributed by atoms with Gasteiger partial charge in [-0.25, -0.2) is 13.4 Å². The largest absolute Gasteiger partial charge is 0.369 e. The van der Waals surface area contributed by atoms with Crippen molar-refractivity contribution >= 4 is 21.4 Å². The molecule has 130 valence electrons. The third-order valence-electron chi connectivity index (χ3n) is 4.37. The Kier molecular flexibility index (Phi) is 4.19. The van der Waals surface area contributed by atoms with Crippen LogP contribution < -0.4 is 0 Å². The first kappa shape index (κ1) is 16.2. The molecule has 0 aromatic carbocycles. The smallest absolute Gasteiger partial charge is 0.217 e. The van der Waals surface area contributed by atoms with Crippen LogP contribution in [0.25, 0.3) is 0 Å². The monoisotopic (exact) mass is 368 g/mol. The quantitative estimate of drug-likeness (QED) is 0.800. The zero-order valence-electron chi connectivity index (χ0n) is 13.5. The predicted molar refractivity (Wildman–Crippen MR) is 90.0 cm³/mol. The molecule has 0 amide bonds. The molecule has 0 unspecified atom stereocenters. The van der Waals surface area contributed by atoms with Gasteiger partial charge in [0.05, 0.1) is 47.4 Å². The summed E-state index contributed by atoms with van der Waals surface area (Å²) in [6.45, 7) is 3.64. The molecule has 0 N–H and O–H groups in total. The first-order valence-electron chi connectivity index (χ1n) is 8.04. The van der Waals surface area contributed by atoms with E-state index in [2.05, 4.69) is 10.1 Å². The third kappa shape index (κ3) is 3.26. The number of thiazole rings is 1. The molecule has 2 aromatic rings. The number of aryl methyl sites for hydroxylation is 1. The van der Waals surface area contributed by atoms with Crippen molar-refractivity contribution in [3.8, 4) is 0 Å². The van der Waals surface area contributed by atoms with Crippen LogP contribution in [0.4, 0.5) is 0 Å². The number of nitrogens with zero attached hydrogens (tertiary/aromatic N) is 4. The molecule has 1 fully saturated rings. The van der Waals surface area contributed by atoms with Gasteiger partial charge in [0.2, 0.25) is 10.0 Å². The van der Waals surface area contributed by atoms with E-state index < -0.39 is 10.0 Å². The van der Waals surface area contributed by atoms with E-state index >= 15 is 0 Å². The van der Waals surface area contributed by atoms with E-state index in [1.165, 1.54) is 0 Å². The highest BCUT2D eigenvalue weighted by Crippen LogP contribution is 2.32. The topological polar surface area (TPSA) is 77.3 Å². The fourth-order valence-electron chi connectivity index (χ4n) is 2.94. The maximum absolute atomic E-state index is 12.7. The van der Waals surface area contributed by atoms with Gasteiger partial charge in [0.15, 0.2) is 0 Å². The van der Waals surface area contributed by atoms with Crippen LogP contribution in [0, 0.1) is 6.92 Å². The highest BCUT2D eigenvalue weighted by atomic mass is 32.2. The summed E-state index contributed by atoms with van der Waals surface area (Å²) in [5, 5.41) is 7.07. The Morgan fingerprint density at radius 3 is 2.92 bits per heavy atom. The second-order valence-corrected chi connectivity index (χ2v) is 9.61. The average molecular weight is 368 g/mol. The lowest BCUT2D eigenvalue weighted by molar-refractivity contribution is 0.0190. The molecule has 9 heteroatoms. The fraction of sp³-hybridized carbons (Fsp3) is 0.600. The van der Waals surface area contributed by atoms with E-state index in [4.69, 9.17) is 4.74 Å². The van der Waals surface area contributed by atoms with Gasteiger partial charge in [-0.3, -0.25) is 4.68 Å². The van der Waals surface area contributed by atoms with Crippen LogP contribution in [0.15, 0.2) is 17.6 Å². The number of sulfonamides is 1. The number of aromatic nitrogens is 3. The summed E-state index contributed by atoms with van der Waals surface area (Å²) in [5.41, 5.74) is 1.80. The number of ether oxygens (including phenoxy) is 1. The van der Waals surface area contributed by atoms with Crippen LogP contribution in [0.2, 0.25) is 0 Å². The molecule has 1 atom stereocenters. The Labute approximate surface area is 145 Å². The molecule has 3 heterocycles. The Morgan fingerprint density at radius 2 is 2.21 bits per heavy atom. The summed E-state index contributed by atoms with van der Waals surface area (Å²) >= 11 is 1.59. The standard InChI is InChI=1S/C15H20N4O3S2/c1-11-17-12(10-23-11)9-22-14-7-18(24(20,21)15-2-3-15)6-13-4-5-16-19(13)8-14/h4-5,10,14-15H,2-3,6-9H2,1H3/t14-/m0/s1. The van der Waals surface area contributed by atoms with Gasteiger partial charge in [0, 0.05) is 18.1 Å². The molecule has 0 radical (unpaired) electrons. The molecule has 7 nitrogen and oxygen atoms in total. The molecular formula is C15H20N4O3S2. The van der Waals surface area contributed by atoms with E-state index in [9.17, 15) is 8.42 Å². The van der Waals surface area contributed by atoms with Crippen LogP contribution in [-0.2, 0) is 34.5 Å². The molecule has 24 heavy (non-hydrogen) atoms.